The number of rotatable bonds is 12. The first kappa shape index (κ1) is 38.4. The van der Waals surface area contributed by atoms with E-state index in [0.29, 0.717) is 37.5 Å². The van der Waals surface area contributed by atoms with Crippen LogP contribution in [0.1, 0.15) is 135 Å². The fraction of sp³-hybridized carbons (Fsp3) is 0.739. The number of hydrogen-bond donors (Lipinski definition) is 4. The molecule has 4 saturated carbocycles. The van der Waals surface area contributed by atoms with E-state index in [-0.39, 0.29) is 47.8 Å². The van der Waals surface area contributed by atoms with Gasteiger partial charge < -0.3 is 19.7 Å². The number of carbonyl (C=O) groups excluding carboxylic acids is 2. The molecule has 1 saturated heterocycles. The standard InChI is InChI=1S/C46H66N2O6/c1-31(12-10-15-32-13-6-4-7-14-32)20-21-35-23-25-42(2)30-44(54-40(51)34-16-8-5-9-17-34)41-43(3,36-18-11-19-37(36)47-48-44)26-24-38(49)46(35,41)45(42,52)27-22-33-28-39(50)53-29-33/h4,6-7,13-14,23,25,28,31,34-38,41,47-49,52H,5,8-12,15-22,24,26-27,29-30H2,1-3H3. The zero-order valence-electron chi connectivity index (χ0n) is 33.1. The van der Waals surface area contributed by atoms with E-state index in [9.17, 15) is 19.8 Å². The second-order valence-corrected chi connectivity index (χ2v) is 19.4. The fourth-order valence-corrected chi connectivity index (χ4v) is 13.8. The van der Waals surface area contributed by atoms with Crippen LogP contribution >= 0.6 is 0 Å². The summed E-state index contributed by atoms with van der Waals surface area (Å²) in [6, 6.07) is 10.9. The molecule has 7 aliphatic rings. The summed E-state index contributed by atoms with van der Waals surface area (Å²) < 4.78 is 12.5. The van der Waals surface area contributed by atoms with Gasteiger partial charge in [-0.2, -0.15) is 0 Å². The Bertz CT molecular complexity index is 1610. The summed E-state index contributed by atoms with van der Waals surface area (Å²) >= 11 is 0. The van der Waals surface area contributed by atoms with Crippen LogP contribution in [-0.4, -0.2) is 52.2 Å². The van der Waals surface area contributed by atoms with Crippen LogP contribution in [0.4, 0.5) is 0 Å². The van der Waals surface area contributed by atoms with Crippen molar-refractivity contribution in [3.05, 3.63) is 59.7 Å². The van der Waals surface area contributed by atoms with Crippen molar-refractivity contribution in [1.29, 1.82) is 0 Å². The highest BCUT2D eigenvalue weighted by Crippen LogP contribution is 2.77. The lowest BCUT2D eigenvalue weighted by atomic mass is 9.31. The largest absolute Gasteiger partial charge is 0.458 e. The highest BCUT2D eigenvalue weighted by Gasteiger charge is 2.82. The SMILES string of the molecule is CC(CCCc1ccccc1)CCC1C=CC2(C)CC3(OC(=O)C4CCCCC4)NNC4CCCC4C4(C)CCC(O)C1(C34)C2(O)CCC1=CC(=O)OC1. The average molecular weight is 743 g/mol. The molecule has 5 fully saturated rings. The number of benzene rings is 1. The summed E-state index contributed by atoms with van der Waals surface area (Å²) in [5.41, 5.74) is 5.25. The number of aliphatic hydroxyl groups is 2. The molecule has 0 amide bonds. The summed E-state index contributed by atoms with van der Waals surface area (Å²) in [6.45, 7) is 7.16. The molecule has 0 aromatic heterocycles. The van der Waals surface area contributed by atoms with Gasteiger partial charge in [-0.3, -0.25) is 10.2 Å². The molecule has 8 heteroatoms. The number of aryl methyl sites for hydroxylation is 1. The molecule has 4 N–H and O–H groups in total. The summed E-state index contributed by atoms with van der Waals surface area (Å²) in [5, 5.41) is 27.1. The molecule has 296 valence electrons. The van der Waals surface area contributed by atoms with E-state index in [1.165, 1.54) is 5.56 Å². The molecule has 11 atom stereocenters. The van der Waals surface area contributed by atoms with Gasteiger partial charge in [0.1, 0.15) is 6.61 Å². The molecule has 2 bridgehead atoms. The van der Waals surface area contributed by atoms with Crippen LogP contribution in [0.15, 0.2) is 54.1 Å². The third-order valence-electron chi connectivity index (χ3n) is 16.3. The van der Waals surface area contributed by atoms with Gasteiger partial charge in [-0.1, -0.05) is 102 Å². The molecular formula is C46H66N2O6. The van der Waals surface area contributed by atoms with E-state index >= 15 is 0 Å². The maximum atomic E-state index is 14.5. The number of nitrogens with one attached hydrogen (secondary N) is 2. The predicted octanol–water partition coefficient (Wildman–Crippen LogP) is 7.88. The van der Waals surface area contributed by atoms with Crippen LogP contribution < -0.4 is 10.9 Å². The van der Waals surface area contributed by atoms with E-state index in [2.05, 4.69) is 74.1 Å². The van der Waals surface area contributed by atoms with Crippen molar-refractivity contribution in [1.82, 2.24) is 10.9 Å². The molecule has 54 heavy (non-hydrogen) atoms. The molecule has 11 unspecified atom stereocenters. The summed E-state index contributed by atoms with van der Waals surface area (Å²) in [7, 11) is 0. The van der Waals surface area contributed by atoms with Crippen molar-refractivity contribution in [2.45, 2.75) is 160 Å². The minimum atomic E-state index is -1.34. The zero-order valence-corrected chi connectivity index (χ0v) is 33.1. The Morgan fingerprint density at radius 1 is 1.02 bits per heavy atom. The summed E-state index contributed by atoms with van der Waals surface area (Å²) in [4.78, 5) is 26.7. The van der Waals surface area contributed by atoms with Crippen LogP contribution in [0.3, 0.4) is 0 Å². The van der Waals surface area contributed by atoms with Crippen LogP contribution in [-0.2, 0) is 25.5 Å². The maximum Gasteiger partial charge on any atom is 0.331 e. The molecule has 5 aliphatic carbocycles. The number of hydrogen-bond acceptors (Lipinski definition) is 8. The number of esters is 2. The third kappa shape index (κ3) is 6.24. The monoisotopic (exact) mass is 742 g/mol. The highest BCUT2D eigenvalue weighted by molar-refractivity contribution is 5.85. The van der Waals surface area contributed by atoms with Gasteiger partial charge in [0, 0.05) is 35.3 Å². The Balaban J connectivity index is 1.21. The number of carbonyl (C=O) groups is 2. The Kier molecular flexibility index (Phi) is 10.5. The molecule has 2 heterocycles. The third-order valence-corrected chi connectivity index (χ3v) is 16.3. The molecule has 1 aromatic carbocycles. The van der Waals surface area contributed by atoms with Crippen LogP contribution in [0.5, 0.6) is 0 Å². The highest BCUT2D eigenvalue weighted by atomic mass is 16.6. The second kappa shape index (κ2) is 14.8. The van der Waals surface area contributed by atoms with Crippen molar-refractivity contribution in [3.8, 4) is 0 Å². The van der Waals surface area contributed by atoms with Crippen LogP contribution in [0, 0.1) is 45.8 Å². The molecule has 8 rings (SSSR count). The first-order valence-corrected chi connectivity index (χ1v) is 21.7. The lowest BCUT2D eigenvalue weighted by molar-refractivity contribution is -0.358. The maximum absolute atomic E-state index is 14.5. The van der Waals surface area contributed by atoms with Gasteiger partial charge in [0.05, 0.1) is 17.6 Å². The quantitative estimate of drug-likeness (QED) is 0.126. The topological polar surface area (TPSA) is 117 Å². The van der Waals surface area contributed by atoms with Crippen molar-refractivity contribution >= 4 is 11.9 Å². The van der Waals surface area contributed by atoms with Gasteiger partial charge in [-0.15, -0.1) is 0 Å². The Morgan fingerprint density at radius 3 is 2.57 bits per heavy atom. The summed E-state index contributed by atoms with van der Waals surface area (Å²) in [5.74, 6) is -0.257. The molecule has 8 nitrogen and oxygen atoms in total. The number of ether oxygens (including phenoxy) is 2. The van der Waals surface area contributed by atoms with Crippen molar-refractivity contribution in [3.63, 3.8) is 0 Å². The minimum absolute atomic E-state index is 0.125. The van der Waals surface area contributed by atoms with Gasteiger partial charge in [-0.25, -0.2) is 10.2 Å². The second-order valence-electron chi connectivity index (χ2n) is 19.4. The number of cyclic esters (lactones) is 1. The van der Waals surface area contributed by atoms with Crippen molar-refractivity contribution in [2.24, 2.45) is 45.8 Å². The van der Waals surface area contributed by atoms with Crippen molar-refractivity contribution in [2.75, 3.05) is 6.61 Å². The molecule has 2 aliphatic heterocycles. The van der Waals surface area contributed by atoms with Gasteiger partial charge in [0.2, 0.25) is 0 Å². The van der Waals surface area contributed by atoms with E-state index in [4.69, 9.17) is 9.47 Å². The van der Waals surface area contributed by atoms with E-state index in [0.717, 1.165) is 95.5 Å². The first-order chi connectivity index (χ1) is 25.9. The smallest absolute Gasteiger partial charge is 0.331 e. The molecular weight excluding hydrogens is 677 g/mol. The van der Waals surface area contributed by atoms with Crippen LogP contribution in [0.25, 0.3) is 0 Å². The van der Waals surface area contributed by atoms with E-state index in [1.807, 2.05) is 0 Å². The van der Waals surface area contributed by atoms with Gasteiger partial charge >= 0.3 is 11.9 Å². The van der Waals surface area contributed by atoms with Gasteiger partial charge in [0.15, 0.2) is 5.72 Å². The molecule has 0 radical (unpaired) electrons. The van der Waals surface area contributed by atoms with Crippen LogP contribution in [0.2, 0.25) is 0 Å². The fourth-order valence-electron chi connectivity index (χ4n) is 13.8. The summed E-state index contributed by atoms with van der Waals surface area (Å²) in [6.07, 6.45) is 21.4. The van der Waals surface area contributed by atoms with E-state index < -0.39 is 28.3 Å². The lowest BCUT2D eigenvalue weighted by Crippen LogP contribution is -2.83. The number of hydrazine groups is 1. The average Bonchev–Trinajstić information content (AvgIpc) is 3.81. The minimum Gasteiger partial charge on any atom is -0.458 e. The molecule has 1 aromatic rings. The number of fused-ring (bicyclic) bond motifs is 3. The first-order valence-electron chi connectivity index (χ1n) is 21.7. The zero-order chi connectivity index (χ0) is 37.8. The van der Waals surface area contributed by atoms with Gasteiger partial charge in [-0.05, 0) is 105 Å². The Morgan fingerprint density at radius 2 is 1.81 bits per heavy atom. The van der Waals surface area contributed by atoms with E-state index in [1.54, 1.807) is 6.08 Å². The van der Waals surface area contributed by atoms with Crippen molar-refractivity contribution < 1.29 is 29.3 Å². The predicted molar refractivity (Wildman–Crippen MR) is 208 cm³/mol. The Hall–Kier alpha value is -2.52. The molecule has 1 spiro atoms. The Labute approximate surface area is 323 Å². The van der Waals surface area contributed by atoms with Gasteiger partial charge in [0.25, 0.3) is 0 Å². The number of allylic oxidation sites excluding steroid dienone is 1. The normalized spacial score (nSPS) is 42.0. The lowest BCUT2D eigenvalue weighted by Gasteiger charge is -2.76. The number of aliphatic hydroxyl groups excluding tert-OH is 1.